The molecule has 0 fully saturated rings. The molecular formula is C11H11NO4. The molecule has 1 heterocycles. The van der Waals surface area contributed by atoms with E-state index in [0.29, 0.717) is 28.3 Å². The first-order valence-electron chi connectivity index (χ1n) is 4.76. The van der Waals surface area contributed by atoms with Crippen molar-refractivity contribution < 1.29 is 19.1 Å². The third kappa shape index (κ3) is 1.71. The van der Waals surface area contributed by atoms with Crippen molar-refractivity contribution in [3.8, 4) is 5.75 Å². The highest BCUT2D eigenvalue weighted by molar-refractivity contribution is 5.84. The molecule has 1 aromatic carbocycles. The van der Waals surface area contributed by atoms with E-state index in [1.54, 1.807) is 19.1 Å². The van der Waals surface area contributed by atoms with Gasteiger partial charge in [0.1, 0.15) is 0 Å². The van der Waals surface area contributed by atoms with Crippen LogP contribution in [0.4, 0.5) is 0 Å². The van der Waals surface area contributed by atoms with Gasteiger partial charge in [-0.25, -0.2) is 4.98 Å². The van der Waals surface area contributed by atoms with Gasteiger partial charge >= 0.3 is 5.97 Å². The third-order valence-corrected chi connectivity index (χ3v) is 2.25. The zero-order valence-electron chi connectivity index (χ0n) is 8.98. The van der Waals surface area contributed by atoms with Crippen molar-refractivity contribution >= 4 is 17.1 Å². The number of hydrogen-bond acceptors (Lipinski definition) is 4. The summed E-state index contributed by atoms with van der Waals surface area (Å²) < 4.78 is 10.5. The zero-order valence-corrected chi connectivity index (χ0v) is 8.98. The molecule has 0 aliphatic heterocycles. The average molecular weight is 221 g/mol. The van der Waals surface area contributed by atoms with Gasteiger partial charge in [-0.1, -0.05) is 6.07 Å². The summed E-state index contributed by atoms with van der Waals surface area (Å²) >= 11 is 0. The molecule has 1 N–H and O–H groups in total. The van der Waals surface area contributed by atoms with Crippen LogP contribution in [0.3, 0.4) is 0 Å². The number of carbonyl (C=O) groups is 1. The van der Waals surface area contributed by atoms with Crippen LogP contribution < -0.4 is 4.74 Å². The fraction of sp³-hybridized carbons (Fsp3) is 0.273. The van der Waals surface area contributed by atoms with E-state index in [2.05, 4.69) is 4.98 Å². The summed E-state index contributed by atoms with van der Waals surface area (Å²) in [6.07, 6.45) is -0.0922. The van der Waals surface area contributed by atoms with Crippen LogP contribution in [0.1, 0.15) is 11.5 Å². The van der Waals surface area contributed by atoms with Crippen molar-refractivity contribution in [3.05, 3.63) is 23.6 Å². The standard InChI is InChI=1S/C11H11NO4/c1-6-12-10-8(16-6)4-3-7(5-9(13)14)11(10)15-2/h3-4H,5H2,1-2H3,(H,13,14). The average Bonchev–Trinajstić information content (AvgIpc) is 2.57. The van der Waals surface area contributed by atoms with Crippen LogP contribution in [0.2, 0.25) is 0 Å². The number of fused-ring (bicyclic) bond motifs is 1. The first kappa shape index (κ1) is 10.5. The molecule has 1 aromatic heterocycles. The number of benzene rings is 1. The van der Waals surface area contributed by atoms with E-state index >= 15 is 0 Å². The number of rotatable bonds is 3. The van der Waals surface area contributed by atoms with Crippen LogP contribution in [-0.2, 0) is 11.2 Å². The maximum absolute atomic E-state index is 10.7. The monoisotopic (exact) mass is 221 g/mol. The second-order valence-corrected chi connectivity index (χ2v) is 3.41. The number of aliphatic carboxylic acids is 1. The van der Waals surface area contributed by atoms with Crippen molar-refractivity contribution in [2.75, 3.05) is 7.11 Å². The van der Waals surface area contributed by atoms with Crippen LogP contribution in [0.5, 0.6) is 5.75 Å². The minimum Gasteiger partial charge on any atom is -0.494 e. The molecule has 0 aliphatic rings. The lowest BCUT2D eigenvalue weighted by molar-refractivity contribution is -0.136. The van der Waals surface area contributed by atoms with E-state index in [9.17, 15) is 4.79 Å². The Morgan fingerprint density at radius 2 is 2.31 bits per heavy atom. The van der Waals surface area contributed by atoms with Crippen LogP contribution >= 0.6 is 0 Å². The summed E-state index contributed by atoms with van der Waals surface area (Å²) in [5.74, 6) is 0.0930. The minimum atomic E-state index is -0.905. The van der Waals surface area contributed by atoms with Gasteiger partial charge in [0.05, 0.1) is 13.5 Å². The van der Waals surface area contributed by atoms with E-state index in [4.69, 9.17) is 14.3 Å². The molecule has 0 saturated heterocycles. The van der Waals surface area contributed by atoms with Gasteiger partial charge in [0.2, 0.25) is 0 Å². The van der Waals surface area contributed by atoms with Crippen LogP contribution in [0.15, 0.2) is 16.5 Å². The number of hydrogen-bond donors (Lipinski definition) is 1. The van der Waals surface area contributed by atoms with E-state index in [1.807, 2.05) is 0 Å². The van der Waals surface area contributed by atoms with Gasteiger partial charge in [0.15, 0.2) is 22.7 Å². The second-order valence-electron chi connectivity index (χ2n) is 3.41. The van der Waals surface area contributed by atoms with Crippen molar-refractivity contribution in [1.29, 1.82) is 0 Å². The summed E-state index contributed by atoms with van der Waals surface area (Å²) in [5.41, 5.74) is 1.76. The number of carboxylic acids is 1. The lowest BCUT2D eigenvalue weighted by atomic mass is 10.1. The van der Waals surface area contributed by atoms with Crippen molar-refractivity contribution in [3.63, 3.8) is 0 Å². The first-order valence-corrected chi connectivity index (χ1v) is 4.76. The highest BCUT2D eigenvalue weighted by Crippen LogP contribution is 2.29. The van der Waals surface area contributed by atoms with Crippen LogP contribution in [-0.4, -0.2) is 23.2 Å². The molecule has 0 unspecified atom stereocenters. The molecule has 5 heteroatoms. The topological polar surface area (TPSA) is 72.6 Å². The number of methoxy groups -OCH3 is 1. The van der Waals surface area contributed by atoms with Crippen molar-refractivity contribution in [2.24, 2.45) is 0 Å². The maximum atomic E-state index is 10.7. The van der Waals surface area contributed by atoms with Gasteiger partial charge in [-0.2, -0.15) is 0 Å². The molecule has 0 amide bonds. The predicted molar refractivity (Wildman–Crippen MR) is 56.6 cm³/mol. The molecule has 0 spiro atoms. The first-order chi connectivity index (χ1) is 7.61. The molecule has 2 aromatic rings. The van der Waals surface area contributed by atoms with E-state index in [-0.39, 0.29) is 6.42 Å². The van der Waals surface area contributed by atoms with E-state index in [0.717, 1.165) is 0 Å². The number of oxazole rings is 1. The Kier molecular flexibility index (Phi) is 2.52. The smallest absolute Gasteiger partial charge is 0.307 e. The van der Waals surface area contributed by atoms with Crippen molar-refractivity contribution in [2.45, 2.75) is 13.3 Å². The summed E-state index contributed by atoms with van der Waals surface area (Å²) in [6.45, 7) is 1.73. The van der Waals surface area contributed by atoms with Crippen LogP contribution in [0.25, 0.3) is 11.1 Å². The quantitative estimate of drug-likeness (QED) is 0.855. The summed E-state index contributed by atoms with van der Waals surface area (Å²) in [6, 6.07) is 3.38. The van der Waals surface area contributed by atoms with Gasteiger partial charge < -0.3 is 14.3 Å². The number of carboxylic acid groups (broad SMARTS) is 1. The number of aryl methyl sites for hydroxylation is 1. The largest absolute Gasteiger partial charge is 0.494 e. The van der Waals surface area contributed by atoms with E-state index < -0.39 is 5.97 Å². The fourth-order valence-electron chi connectivity index (χ4n) is 1.65. The Balaban J connectivity index is 2.62. The predicted octanol–water partition coefficient (Wildman–Crippen LogP) is 1.77. The Morgan fingerprint density at radius 3 is 2.94 bits per heavy atom. The summed E-state index contributed by atoms with van der Waals surface area (Å²) in [7, 11) is 1.49. The zero-order chi connectivity index (χ0) is 11.7. The Morgan fingerprint density at radius 1 is 1.56 bits per heavy atom. The molecular weight excluding hydrogens is 210 g/mol. The van der Waals surface area contributed by atoms with Gasteiger partial charge in [-0.3, -0.25) is 4.79 Å². The van der Waals surface area contributed by atoms with Crippen LogP contribution in [0, 0.1) is 6.92 Å². The molecule has 0 bridgehead atoms. The highest BCUT2D eigenvalue weighted by atomic mass is 16.5. The van der Waals surface area contributed by atoms with Gasteiger partial charge in [-0.05, 0) is 6.07 Å². The highest BCUT2D eigenvalue weighted by Gasteiger charge is 2.14. The molecule has 0 atom stereocenters. The molecule has 2 rings (SSSR count). The minimum absolute atomic E-state index is 0.0922. The Labute approximate surface area is 91.7 Å². The number of ether oxygens (including phenoxy) is 1. The van der Waals surface area contributed by atoms with Gasteiger partial charge in [0.25, 0.3) is 0 Å². The molecule has 0 radical (unpaired) electrons. The van der Waals surface area contributed by atoms with E-state index in [1.165, 1.54) is 7.11 Å². The Bertz CT molecular complexity index is 544. The lowest BCUT2D eigenvalue weighted by Gasteiger charge is -2.05. The fourth-order valence-corrected chi connectivity index (χ4v) is 1.65. The normalized spacial score (nSPS) is 10.6. The molecule has 16 heavy (non-hydrogen) atoms. The molecule has 0 aliphatic carbocycles. The SMILES string of the molecule is COc1c(CC(=O)O)ccc2oc(C)nc12. The lowest BCUT2D eigenvalue weighted by Crippen LogP contribution is -2.02. The van der Waals surface area contributed by atoms with Crippen molar-refractivity contribution in [1.82, 2.24) is 4.98 Å². The molecule has 5 nitrogen and oxygen atoms in total. The van der Waals surface area contributed by atoms with Gasteiger partial charge in [0, 0.05) is 12.5 Å². The third-order valence-electron chi connectivity index (χ3n) is 2.25. The van der Waals surface area contributed by atoms with Gasteiger partial charge in [-0.15, -0.1) is 0 Å². The Hall–Kier alpha value is -2.04. The number of aromatic nitrogens is 1. The molecule has 0 saturated carbocycles. The molecule has 84 valence electrons. The second kappa shape index (κ2) is 3.84. The number of nitrogens with zero attached hydrogens (tertiary/aromatic N) is 1. The maximum Gasteiger partial charge on any atom is 0.307 e. The summed E-state index contributed by atoms with van der Waals surface area (Å²) in [4.78, 5) is 14.8. The summed E-state index contributed by atoms with van der Waals surface area (Å²) in [5, 5.41) is 8.76.